The van der Waals surface area contributed by atoms with E-state index in [1.807, 2.05) is 0 Å². The summed E-state index contributed by atoms with van der Waals surface area (Å²) in [4.78, 5) is 4.17. The molecule has 0 aliphatic rings. The molecule has 33 heavy (non-hydrogen) atoms. The van der Waals surface area contributed by atoms with Crippen molar-refractivity contribution in [3.05, 3.63) is 78.1 Å². The number of hydrogen-bond donors (Lipinski definition) is 0. The normalized spacial score (nSPS) is 12.5. The molecule has 4 aromatic rings. The van der Waals surface area contributed by atoms with Crippen LogP contribution in [0.2, 0.25) is 0 Å². The molecule has 0 atom stereocenters. The number of halogens is 3. The smallest absolute Gasteiger partial charge is 0.418 e. The van der Waals surface area contributed by atoms with Crippen LogP contribution in [0.3, 0.4) is 0 Å². The molecule has 0 unspecified atom stereocenters. The topological polar surface area (TPSA) is 61.2 Å². The molecular formula is C24H21F3N2O3S. The molecule has 0 fully saturated rings. The molecule has 0 saturated heterocycles. The number of hydrogen-bond acceptors (Lipinski definition) is 4. The van der Waals surface area contributed by atoms with Crippen LogP contribution in [-0.4, -0.2) is 23.2 Å². The van der Waals surface area contributed by atoms with Crippen LogP contribution in [-0.2, 0) is 16.0 Å². The molecule has 4 rings (SSSR count). The molecule has 1 heterocycles. The molecule has 0 radical (unpaired) electrons. The first-order valence-electron chi connectivity index (χ1n) is 10.1. The fourth-order valence-corrected chi connectivity index (χ4v) is 4.64. The number of fused-ring (bicyclic) bond motifs is 1. The van der Waals surface area contributed by atoms with E-state index in [1.165, 1.54) is 24.5 Å². The fourth-order valence-electron chi connectivity index (χ4n) is 3.54. The summed E-state index contributed by atoms with van der Waals surface area (Å²) in [6.07, 6.45) is -3.13. The third kappa shape index (κ3) is 4.32. The average Bonchev–Trinajstić information content (AvgIpc) is 3.17. The van der Waals surface area contributed by atoms with Gasteiger partial charge in [0, 0.05) is 0 Å². The predicted octanol–water partition coefficient (Wildman–Crippen LogP) is 6.33. The zero-order valence-corrected chi connectivity index (χ0v) is 18.9. The maximum atomic E-state index is 13.3. The Morgan fingerprint density at radius 3 is 2.33 bits per heavy atom. The van der Waals surface area contributed by atoms with E-state index >= 15 is 0 Å². The number of benzene rings is 3. The molecule has 3 aromatic carbocycles. The minimum absolute atomic E-state index is 0.118. The first-order valence-corrected chi connectivity index (χ1v) is 11.7. The van der Waals surface area contributed by atoms with Gasteiger partial charge in [-0.25, -0.2) is 13.4 Å². The van der Waals surface area contributed by atoms with Gasteiger partial charge in [-0.05, 0) is 74.9 Å². The maximum Gasteiger partial charge on any atom is 0.418 e. The van der Waals surface area contributed by atoms with Crippen molar-refractivity contribution >= 4 is 20.9 Å². The Bertz CT molecular complexity index is 1440. The molecule has 0 aliphatic heterocycles. The Balaban J connectivity index is 1.67. The molecule has 0 bridgehead atoms. The molecule has 0 saturated carbocycles. The van der Waals surface area contributed by atoms with Crippen LogP contribution in [0.15, 0.2) is 71.9 Å². The molecule has 1 aromatic heterocycles. The number of ether oxygens (including phenoxy) is 1. The summed E-state index contributed by atoms with van der Waals surface area (Å²) in [5.41, 5.74) is 0.837. The van der Waals surface area contributed by atoms with Crippen molar-refractivity contribution in [1.82, 2.24) is 9.55 Å². The van der Waals surface area contributed by atoms with Crippen molar-refractivity contribution in [2.24, 2.45) is 0 Å². The minimum Gasteiger partial charge on any atom is -0.457 e. The van der Waals surface area contributed by atoms with E-state index in [-0.39, 0.29) is 10.4 Å². The second-order valence-electron chi connectivity index (χ2n) is 7.90. The van der Waals surface area contributed by atoms with Gasteiger partial charge in [0.2, 0.25) is 0 Å². The lowest BCUT2D eigenvalue weighted by atomic mass is 10.1. The molecule has 5 nitrogen and oxygen atoms in total. The van der Waals surface area contributed by atoms with E-state index in [0.717, 1.165) is 11.6 Å². The van der Waals surface area contributed by atoms with Crippen LogP contribution in [0.5, 0.6) is 11.5 Å². The third-order valence-electron chi connectivity index (χ3n) is 5.30. The SMILES string of the molecule is Cc1cc(Oc2cccc(S(=O)(=O)C(C)C)c2)ccc1-n1cnc2c(C(F)(F)F)cccc21. The van der Waals surface area contributed by atoms with Crippen LogP contribution >= 0.6 is 0 Å². The number of rotatable bonds is 5. The van der Waals surface area contributed by atoms with Gasteiger partial charge in [0.15, 0.2) is 9.84 Å². The lowest BCUT2D eigenvalue weighted by molar-refractivity contribution is -0.136. The fraction of sp³-hybridized carbons (Fsp3) is 0.208. The highest BCUT2D eigenvalue weighted by Gasteiger charge is 2.33. The Morgan fingerprint density at radius 1 is 0.970 bits per heavy atom. The second-order valence-corrected chi connectivity index (χ2v) is 10.4. The number of sulfone groups is 1. The number of aryl methyl sites for hydroxylation is 1. The standard InChI is InChI=1S/C24H21F3N2O3S/c1-15(2)33(30,31)19-7-4-6-17(13-19)32-18-10-11-21(16(3)12-18)29-14-28-23-20(24(25,26)27)8-5-9-22(23)29/h4-15H,1-3H3. The van der Waals surface area contributed by atoms with Crippen molar-refractivity contribution in [1.29, 1.82) is 0 Å². The summed E-state index contributed by atoms with van der Waals surface area (Å²) < 4.78 is 72.2. The zero-order valence-electron chi connectivity index (χ0n) is 18.1. The van der Waals surface area contributed by atoms with Crippen LogP contribution in [0.4, 0.5) is 13.2 Å². The highest BCUT2D eigenvalue weighted by molar-refractivity contribution is 7.92. The van der Waals surface area contributed by atoms with Crippen LogP contribution in [0.25, 0.3) is 16.7 Å². The Hall–Kier alpha value is -3.33. The monoisotopic (exact) mass is 474 g/mol. The lowest BCUT2D eigenvalue weighted by Gasteiger charge is -2.13. The van der Waals surface area contributed by atoms with Gasteiger partial charge in [-0.3, -0.25) is 4.57 Å². The number of imidazole rings is 1. The largest absolute Gasteiger partial charge is 0.457 e. The van der Waals surface area contributed by atoms with Gasteiger partial charge in [-0.15, -0.1) is 0 Å². The van der Waals surface area contributed by atoms with Gasteiger partial charge >= 0.3 is 6.18 Å². The third-order valence-corrected chi connectivity index (χ3v) is 7.45. The highest BCUT2D eigenvalue weighted by Crippen LogP contribution is 2.35. The summed E-state index contributed by atoms with van der Waals surface area (Å²) in [6.45, 7) is 5.03. The Labute approximate surface area is 189 Å². The first kappa shape index (κ1) is 22.8. The molecule has 0 spiro atoms. The van der Waals surface area contributed by atoms with Gasteiger partial charge < -0.3 is 4.74 Å². The van der Waals surface area contributed by atoms with E-state index < -0.39 is 26.8 Å². The summed E-state index contributed by atoms with van der Waals surface area (Å²) in [5, 5.41) is -0.558. The van der Waals surface area contributed by atoms with Crippen LogP contribution in [0.1, 0.15) is 25.0 Å². The molecule has 9 heteroatoms. The van der Waals surface area contributed by atoms with Crippen molar-refractivity contribution in [3.8, 4) is 17.2 Å². The molecule has 0 aliphatic carbocycles. The van der Waals surface area contributed by atoms with Crippen molar-refractivity contribution in [3.63, 3.8) is 0 Å². The van der Waals surface area contributed by atoms with E-state index in [1.54, 1.807) is 61.7 Å². The number of aromatic nitrogens is 2. The van der Waals surface area contributed by atoms with E-state index in [2.05, 4.69) is 4.98 Å². The van der Waals surface area contributed by atoms with Gasteiger partial charge in [0.05, 0.1) is 26.9 Å². The summed E-state index contributed by atoms with van der Waals surface area (Å²) in [7, 11) is -3.44. The number of nitrogens with zero attached hydrogens (tertiary/aromatic N) is 2. The summed E-state index contributed by atoms with van der Waals surface area (Å²) in [6, 6.07) is 15.3. The molecule has 172 valence electrons. The van der Waals surface area contributed by atoms with Crippen LogP contribution < -0.4 is 4.74 Å². The highest BCUT2D eigenvalue weighted by atomic mass is 32.2. The number of para-hydroxylation sites is 1. The first-order chi connectivity index (χ1) is 15.5. The predicted molar refractivity (Wildman–Crippen MR) is 120 cm³/mol. The lowest BCUT2D eigenvalue weighted by Crippen LogP contribution is -2.13. The van der Waals surface area contributed by atoms with Crippen molar-refractivity contribution in [2.45, 2.75) is 37.1 Å². The molecule has 0 amide bonds. The number of alkyl halides is 3. The van der Waals surface area contributed by atoms with Gasteiger partial charge in [0.25, 0.3) is 0 Å². The average molecular weight is 475 g/mol. The quantitative estimate of drug-likeness (QED) is 0.339. The van der Waals surface area contributed by atoms with Gasteiger partial charge in [-0.1, -0.05) is 12.1 Å². The second kappa shape index (κ2) is 8.22. The minimum atomic E-state index is -4.50. The van der Waals surface area contributed by atoms with E-state index in [9.17, 15) is 21.6 Å². The summed E-state index contributed by atoms with van der Waals surface area (Å²) >= 11 is 0. The molecule has 0 N–H and O–H groups in total. The Kier molecular flexibility index (Phi) is 5.69. The Morgan fingerprint density at radius 2 is 1.67 bits per heavy atom. The van der Waals surface area contributed by atoms with Gasteiger partial charge in [-0.2, -0.15) is 13.2 Å². The van der Waals surface area contributed by atoms with Crippen molar-refractivity contribution in [2.75, 3.05) is 0 Å². The van der Waals surface area contributed by atoms with Crippen LogP contribution in [0, 0.1) is 6.92 Å². The summed E-state index contributed by atoms with van der Waals surface area (Å²) in [5.74, 6) is 0.836. The van der Waals surface area contributed by atoms with Gasteiger partial charge in [0.1, 0.15) is 23.3 Å². The molecular weight excluding hydrogens is 453 g/mol. The maximum absolute atomic E-state index is 13.3. The van der Waals surface area contributed by atoms with E-state index in [4.69, 9.17) is 4.74 Å². The zero-order chi connectivity index (χ0) is 24.0. The van der Waals surface area contributed by atoms with Crippen molar-refractivity contribution < 1.29 is 26.3 Å². The van der Waals surface area contributed by atoms with E-state index in [0.29, 0.717) is 22.7 Å².